The van der Waals surface area contributed by atoms with E-state index < -0.39 is 11.1 Å². The lowest BCUT2D eigenvalue weighted by Crippen LogP contribution is -2.79. The van der Waals surface area contributed by atoms with Gasteiger partial charge >= 0.3 is 0 Å². The van der Waals surface area contributed by atoms with Crippen molar-refractivity contribution in [3.8, 4) is 0 Å². The van der Waals surface area contributed by atoms with E-state index in [0.717, 1.165) is 12.8 Å². The van der Waals surface area contributed by atoms with Gasteiger partial charge in [0.05, 0.1) is 11.6 Å². The summed E-state index contributed by atoms with van der Waals surface area (Å²) in [6.07, 6.45) is 1.81. The number of β-amino-alcohol motifs (C(OH)–C–C–N with tert-alkyl or cyclic N) is 1. The summed E-state index contributed by atoms with van der Waals surface area (Å²) < 4.78 is 5.13. The molecule has 0 amide bonds. The highest BCUT2D eigenvalue weighted by molar-refractivity contribution is 5.17. The summed E-state index contributed by atoms with van der Waals surface area (Å²) in [6.45, 7) is 1.25. The Labute approximate surface area is 72.1 Å². The fourth-order valence-electron chi connectivity index (χ4n) is 2.01. The maximum atomic E-state index is 9.96. The highest BCUT2D eigenvalue weighted by atomic mass is 16.5. The van der Waals surface area contributed by atoms with Gasteiger partial charge < -0.3 is 20.9 Å². The average molecular weight is 172 g/mol. The van der Waals surface area contributed by atoms with Crippen molar-refractivity contribution in [3.05, 3.63) is 0 Å². The molecule has 2 aliphatic rings. The summed E-state index contributed by atoms with van der Waals surface area (Å²) in [5.41, 5.74) is 4.96. The molecule has 1 saturated carbocycles. The maximum Gasteiger partial charge on any atom is 0.107 e. The van der Waals surface area contributed by atoms with Crippen molar-refractivity contribution < 1.29 is 9.84 Å². The molecule has 1 heterocycles. The zero-order valence-corrected chi connectivity index (χ0v) is 7.34. The van der Waals surface area contributed by atoms with Crippen molar-refractivity contribution in [2.75, 3.05) is 20.2 Å². The van der Waals surface area contributed by atoms with E-state index in [2.05, 4.69) is 5.32 Å². The predicted molar refractivity (Wildman–Crippen MR) is 44.8 cm³/mol. The average Bonchev–Trinajstić information content (AvgIpc) is 1.93. The van der Waals surface area contributed by atoms with Crippen LogP contribution in [0, 0.1) is 0 Å². The van der Waals surface area contributed by atoms with Crippen LogP contribution in [-0.2, 0) is 4.74 Å². The third kappa shape index (κ3) is 0.925. The molecule has 0 radical (unpaired) electrons. The summed E-state index contributed by atoms with van der Waals surface area (Å²) in [6, 6.07) is 0. The van der Waals surface area contributed by atoms with Crippen LogP contribution in [0.5, 0.6) is 0 Å². The van der Waals surface area contributed by atoms with E-state index in [1.54, 1.807) is 7.11 Å². The van der Waals surface area contributed by atoms with E-state index in [-0.39, 0.29) is 6.10 Å². The molecular formula is C8H16N2O2. The highest BCUT2D eigenvalue weighted by Gasteiger charge is 2.58. The standard InChI is InChI=1S/C8H16N2O2/c1-12-6-2-7(9,3-6)8(11)4-10-5-8/h6,10-11H,2-5,9H2,1H3. The van der Waals surface area contributed by atoms with Gasteiger partial charge in [-0.3, -0.25) is 0 Å². The molecular weight excluding hydrogens is 156 g/mol. The van der Waals surface area contributed by atoms with E-state index in [9.17, 15) is 5.11 Å². The molecule has 12 heavy (non-hydrogen) atoms. The van der Waals surface area contributed by atoms with E-state index in [1.807, 2.05) is 0 Å². The molecule has 4 N–H and O–H groups in total. The number of nitrogens with one attached hydrogen (secondary N) is 1. The van der Waals surface area contributed by atoms with E-state index in [1.165, 1.54) is 0 Å². The third-order valence-corrected chi connectivity index (χ3v) is 3.28. The first kappa shape index (κ1) is 8.44. The van der Waals surface area contributed by atoms with Gasteiger partial charge in [0, 0.05) is 20.2 Å². The van der Waals surface area contributed by atoms with Gasteiger partial charge in [-0.1, -0.05) is 0 Å². The topological polar surface area (TPSA) is 67.5 Å². The Balaban J connectivity index is 1.96. The molecule has 4 nitrogen and oxygen atoms in total. The fourth-order valence-corrected chi connectivity index (χ4v) is 2.01. The highest BCUT2D eigenvalue weighted by Crippen LogP contribution is 2.41. The van der Waals surface area contributed by atoms with Crippen LogP contribution in [0.2, 0.25) is 0 Å². The Bertz CT molecular complexity index is 185. The SMILES string of the molecule is COC1CC(N)(C2(O)CNC2)C1. The van der Waals surface area contributed by atoms with Crippen molar-refractivity contribution in [3.63, 3.8) is 0 Å². The lowest BCUT2D eigenvalue weighted by atomic mass is 9.62. The monoisotopic (exact) mass is 172 g/mol. The quantitative estimate of drug-likeness (QED) is 0.491. The molecule has 0 aromatic carbocycles. The maximum absolute atomic E-state index is 9.96. The number of rotatable bonds is 2. The van der Waals surface area contributed by atoms with Gasteiger partial charge in [-0.05, 0) is 12.8 Å². The van der Waals surface area contributed by atoms with Gasteiger partial charge in [-0.25, -0.2) is 0 Å². The smallest absolute Gasteiger partial charge is 0.107 e. The summed E-state index contributed by atoms with van der Waals surface area (Å²) in [5, 5.41) is 13.0. The molecule has 2 fully saturated rings. The molecule has 0 aromatic rings. The number of hydrogen-bond acceptors (Lipinski definition) is 4. The lowest BCUT2D eigenvalue weighted by molar-refractivity contribution is -0.148. The van der Waals surface area contributed by atoms with Crippen LogP contribution in [-0.4, -0.2) is 42.5 Å². The summed E-state index contributed by atoms with van der Waals surface area (Å²) in [5.74, 6) is 0. The van der Waals surface area contributed by atoms with Crippen molar-refractivity contribution in [2.45, 2.75) is 30.1 Å². The molecule has 2 rings (SSSR count). The molecule has 1 saturated heterocycles. The fraction of sp³-hybridized carbons (Fsp3) is 1.00. The van der Waals surface area contributed by atoms with Gasteiger partial charge in [0.25, 0.3) is 0 Å². The van der Waals surface area contributed by atoms with Gasteiger partial charge in [0.15, 0.2) is 0 Å². The van der Waals surface area contributed by atoms with Crippen LogP contribution in [0.1, 0.15) is 12.8 Å². The molecule has 4 heteroatoms. The Morgan fingerprint density at radius 2 is 2.08 bits per heavy atom. The number of nitrogens with two attached hydrogens (primary N) is 1. The molecule has 0 spiro atoms. The Morgan fingerprint density at radius 3 is 2.42 bits per heavy atom. The Morgan fingerprint density at radius 1 is 1.50 bits per heavy atom. The van der Waals surface area contributed by atoms with Crippen LogP contribution < -0.4 is 11.1 Å². The van der Waals surface area contributed by atoms with Crippen LogP contribution in [0.15, 0.2) is 0 Å². The first-order valence-corrected chi connectivity index (χ1v) is 4.34. The first-order valence-electron chi connectivity index (χ1n) is 4.34. The number of methoxy groups -OCH3 is 1. The Kier molecular flexibility index (Phi) is 1.70. The number of hydrogen-bond donors (Lipinski definition) is 3. The normalized spacial score (nSPS) is 44.8. The molecule has 1 aliphatic heterocycles. The van der Waals surface area contributed by atoms with E-state index in [4.69, 9.17) is 10.5 Å². The van der Waals surface area contributed by atoms with Crippen molar-refractivity contribution >= 4 is 0 Å². The minimum absolute atomic E-state index is 0.250. The number of ether oxygens (including phenoxy) is 1. The van der Waals surface area contributed by atoms with Crippen molar-refractivity contribution in [2.24, 2.45) is 5.73 Å². The van der Waals surface area contributed by atoms with Crippen LogP contribution >= 0.6 is 0 Å². The molecule has 70 valence electrons. The zero-order chi connectivity index (χ0) is 8.82. The molecule has 0 bridgehead atoms. The second-order valence-electron chi connectivity index (χ2n) is 4.06. The minimum Gasteiger partial charge on any atom is -0.385 e. The molecule has 0 aromatic heterocycles. The Hall–Kier alpha value is -0.160. The summed E-state index contributed by atoms with van der Waals surface area (Å²) >= 11 is 0. The summed E-state index contributed by atoms with van der Waals surface area (Å²) in [7, 11) is 1.69. The van der Waals surface area contributed by atoms with Gasteiger partial charge in [-0.2, -0.15) is 0 Å². The molecule has 1 aliphatic carbocycles. The second kappa shape index (κ2) is 2.42. The zero-order valence-electron chi connectivity index (χ0n) is 7.34. The second-order valence-corrected chi connectivity index (χ2v) is 4.06. The minimum atomic E-state index is -0.679. The third-order valence-electron chi connectivity index (χ3n) is 3.28. The van der Waals surface area contributed by atoms with Gasteiger partial charge in [0.1, 0.15) is 5.60 Å². The summed E-state index contributed by atoms with van der Waals surface area (Å²) in [4.78, 5) is 0. The molecule has 0 unspecified atom stereocenters. The van der Waals surface area contributed by atoms with Crippen LogP contribution in [0.3, 0.4) is 0 Å². The van der Waals surface area contributed by atoms with Gasteiger partial charge in [-0.15, -0.1) is 0 Å². The van der Waals surface area contributed by atoms with Gasteiger partial charge in [0.2, 0.25) is 0 Å². The predicted octanol–water partition coefficient (Wildman–Crippen LogP) is -1.17. The van der Waals surface area contributed by atoms with Crippen molar-refractivity contribution in [1.82, 2.24) is 5.32 Å². The van der Waals surface area contributed by atoms with E-state index in [0.29, 0.717) is 13.1 Å². The number of aliphatic hydroxyl groups is 1. The van der Waals surface area contributed by atoms with Crippen LogP contribution in [0.4, 0.5) is 0 Å². The van der Waals surface area contributed by atoms with Crippen LogP contribution in [0.25, 0.3) is 0 Å². The molecule has 0 atom stereocenters. The lowest BCUT2D eigenvalue weighted by Gasteiger charge is -2.57. The van der Waals surface area contributed by atoms with Crippen molar-refractivity contribution in [1.29, 1.82) is 0 Å². The largest absolute Gasteiger partial charge is 0.385 e. The van der Waals surface area contributed by atoms with E-state index >= 15 is 0 Å². The first-order chi connectivity index (χ1) is 5.60.